The maximum absolute atomic E-state index is 12.2. The average Bonchev–Trinajstić information content (AvgIpc) is 2.59. The zero-order valence-electron chi connectivity index (χ0n) is 14.1. The van der Waals surface area contributed by atoms with Crippen molar-refractivity contribution in [1.29, 1.82) is 0 Å². The highest BCUT2D eigenvalue weighted by atomic mass is 32.2. The lowest BCUT2D eigenvalue weighted by molar-refractivity contribution is -0.148. The fourth-order valence-corrected chi connectivity index (χ4v) is 3.01. The van der Waals surface area contributed by atoms with E-state index in [1.165, 1.54) is 18.7 Å². The molecule has 25 heavy (non-hydrogen) atoms. The van der Waals surface area contributed by atoms with Crippen molar-refractivity contribution >= 4 is 41.0 Å². The molecule has 1 saturated heterocycles. The number of piperidine rings is 1. The first-order chi connectivity index (χ1) is 11.9. The first-order valence-corrected chi connectivity index (χ1v) is 9.05. The lowest BCUT2D eigenvalue weighted by Gasteiger charge is -2.20. The number of benzene rings is 1. The summed E-state index contributed by atoms with van der Waals surface area (Å²) in [5, 5.41) is 5.30. The highest BCUT2D eigenvalue weighted by Crippen LogP contribution is 2.27. The van der Waals surface area contributed by atoms with Crippen LogP contribution in [0.2, 0.25) is 0 Å². The molecule has 0 spiro atoms. The van der Waals surface area contributed by atoms with Crippen molar-refractivity contribution in [2.45, 2.75) is 24.7 Å². The van der Waals surface area contributed by atoms with Gasteiger partial charge >= 0.3 is 5.97 Å². The molecule has 0 bridgehead atoms. The molecular formula is C17H20N2O5S. The number of hydrogen-bond donors (Lipinski definition) is 2. The Morgan fingerprint density at radius 1 is 1.36 bits per heavy atom. The second kappa shape index (κ2) is 8.66. The third kappa shape index (κ3) is 5.32. The molecule has 8 heteroatoms. The summed E-state index contributed by atoms with van der Waals surface area (Å²) >= 11 is 1.40. The predicted molar refractivity (Wildman–Crippen MR) is 93.5 cm³/mol. The minimum absolute atomic E-state index is 0.0796. The van der Waals surface area contributed by atoms with Crippen molar-refractivity contribution in [1.82, 2.24) is 5.32 Å². The fourth-order valence-electron chi connectivity index (χ4n) is 2.43. The number of rotatable bonds is 6. The van der Waals surface area contributed by atoms with Crippen LogP contribution in [-0.2, 0) is 19.1 Å². The number of anilines is 1. The molecule has 1 aromatic rings. The van der Waals surface area contributed by atoms with Gasteiger partial charge in [-0.25, -0.2) is 0 Å². The summed E-state index contributed by atoms with van der Waals surface area (Å²) < 4.78 is 5.08. The summed E-state index contributed by atoms with van der Waals surface area (Å²) in [5.41, 5.74) is 1.04. The van der Waals surface area contributed by atoms with E-state index in [1.807, 2.05) is 6.26 Å². The van der Waals surface area contributed by atoms with Crippen LogP contribution >= 0.6 is 11.8 Å². The predicted octanol–water partition coefficient (Wildman–Crippen LogP) is 1.62. The molecule has 134 valence electrons. The molecule has 0 unspecified atom stereocenters. The van der Waals surface area contributed by atoms with Crippen molar-refractivity contribution < 1.29 is 23.9 Å². The molecule has 1 aliphatic heterocycles. The molecule has 1 atom stereocenters. The van der Waals surface area contributed by atoms with E-state index in [9.17, 15) is 19.2 Å². The van der Waals surface area contributed by atoms with Gasteiger partial charge in [-0.3, -0.25) is 19.2 Å². The Morgan fingerprint density at radius 2 is 2.12 bits per heavy atom. The summed E-state index contributed by atoms with van der Waals surface area (Å²) in [6, 6.07) is 4.90. The van der Waals surface area contributed by atoms with Crippen molar-refractivity contribution in [3.63, 3.8) is 0 Å². The topological polar surface area (TPSA) is 102 Å². The molecule has 1 fully saturated rings. The van der Waals surface area contributed by atoms with Crippen LogP contribution in [0.3, 0.4) is 0 Å². The molecule has 2 N–H and O–H groups in total. The van der Waals surface area contributed by atoms with Crippen molar-refractivity contribution in [2.75, 3.05) is 24.7 Å². The number of thioether (sulfide) groups is 1. The van der Waals surface area contributed by atoms with E-state index in [-0.39, 0.29) is 37.2 Å². The zero-order chi connectivity index (χ0) is 18.4. The van der Waals surface area contributed by atoms with Gasteiger partial charge in [0.2, 0.25) is 11.8 Å². The van der Waals surface area contributed by atoms with Crippen LogP contribution in [0.5, 0.6) is 0 Å². The van der Waals surface area contributed by atoms with Crippen LogP contribution in [0, 0.1) is 5.92 Å². The number of nitrogens with one attached hydrogen (secondary N) is 2. The normalized spacial score (nSPS) is 16.7. The standard InChI is InChI=1S/C17H20N2O5S/c1-10(20)19-13-5-3-11(7-15(13)25-2)14(21)9-24-17(23)12-4-6-16(22)18-8-12/h3,5,7,12H,4,6,8-9H2,1-2H3,(H,18,22)(H,19,20)/t12-/m1/s1. The molecule has 0 saturated carbocycles. The first kappa shape index (κ1) is 19.0. The van der Waals surface area contributed by atoms with Gasteiger partial charge in [-0.05, 0) is 30.9 Å². The number of ketones is 1. The Morgan fingerprint density at radius 3 is 2.72 bits per heavy atom. The monoisotopic (exact) mass is 364 g/mol. The van der Waals surface area contributed by atoms with Gasteiger partial charge in [-0.2, -0.15) is 0 Å². The number of carbonyl (C=O) groups excluding carboxylic acids is 4. The van der Waals surface area contributed by atoms with Crippen LogP contribution in [0.4, 0.5) is 5.69 Å². The van der Waals surface area contributed by atoms with E-state index in [2.05, 4.69) is 10.6 Å². The number of esters is 1. The van der Waals surface area contributed by atoms with Gasteiger partial charge in [0.25, 0.3) is 0 Å². The van der Waals surface area contributed by atoms with Crippen molar-refractivity contribution in [2.24, 2.45) is 5.92 Å². The van der Waals surface area contributed by atoms with Gasteiger partial charge in [-0.15, -0.1) is 11.8 Å². The minimum atomic E-state index is -0.478. The van der Waals surface area contributed by atoms with Gasteiger partial charge in [0.1, 0.15) is 0 Å². The Kier molecular flexibility index (Phi) is 6.58. The highest BCUT2D eigenvalue weighted by Gasteiger charge is 2.26. The van der Waals surface area contributed by atoms with Gasteiger partial charge < -0.3 is 15.4 Å². The number of amides is 2. The molecule has 2 rings (SSSR count). The Labute approximate surface area is 149 Å². The van der Waals surface area contributed by atoms with Crippen LogP contribution < -0.4 is 10.6 Å². The zero-order valence-corrected chi connectivity index (χ0v) is 14.9. The van der Waals surface area contributed by atoms with Crippen LogP contribution in [0.25, 0.3) is 0 Å². The highest BCUT2D eigenvalue weighted by molar-refractivity contribution is 7.98. The quantitative estimate of drug-likeness (QED) is 0.452. The number of hydrogen-bond acceptors (Lipinski definition) is 6. The largest absolute Gasteiger partial charge is 0.457 e. The summed E-state index contributed by atoms with van der Waals surface area (Å²) in [7, 11) is 0. The van der Waals surface area contributed by atoms with E-state index < -0.39 is 11.9 Å². The third-order valence-corrected chi connectivity index (χ3v) is 4.56. The molecule has 0 aromatic heterocycles. The van der Waals surface area contributed by atoms with Crippen molar-refractivity contribution in [3.8, 4) is 0 Å². The lowest BCUT2D eigenvalue weighted by Crippen LogP contribution is -2.39. The van der Waals surface area contributed by atoms with E-state index in [0.29, 0.717) is 17.7 Å². The summed E-state index contributed by atoms with van der Waals surface area (Å²) in [5.74, 6) is -1.48. The SMILES string of the molecule is CSc1cc(C(=O)COC(=O)[C@@H]2CCC(=O)NC2)ccc1NC(C)=O. The summed E-state index contributed by atoms with van der Waals surface area (Å²) in [6.45, 7) is 1.31. The first-order valence-electron chi connectivity index (χ1n) is 7.83. The number of carbonyl (C=O) groups is 4. The van der Waals surface area contributed by atoms with Crippen LogP contribution in [0.1, 0.15) is 30.1 Å². The molecule has 7 nitrogen and oxygen atoms in total. The second-order valence-electron chi connectivity index (χ2n) is 5.67. The average molecular weight is 364 g/mol. The maximum Gasteiger partial charge on any atom is 0.311 e. The molecule has 1 aliphatic rings. The molecule has 2 amide bonds. The fraction of sp³-hybridized carbons (Fsp3) is 0.412. The molecule has 0 aliphatic carbocycles. The lowest BCUT2D eigenvalue weighted by atomic mass is 9.99. The summed E-state index contributed by atoms with van der Waals surface area (Å²) in [6.07, 6.45) is 2.56. The van der Waals surface area contributed by atoms with Crippen molar-refractivity contribution in [3.05, 3.63) is 23.8 Å². The second-order valence-corrected chi connectivity index (χ2v) is 6.51. The number of Topliss-reactive ketones (excluding diaryl/α,β-unsaturated/α-hetero) is 1. The summed E-state index contributed by atoms with van der Waals surface area (Å²) in [4.78, 5) is 47.2. The van der Waals surface area contributed by atoms with Gasteiger partial charge in [0.05, 0.1) is 11.6 Å². The van der Waals surface area contributed by atoms with Crippen LogP contribution in [0.15, 0.2) is 23.1 Å². The maximum atomic E-state index is 12.2. The molecular weight excluding hydrogens is 344 g/mol. The Balaban J connectivity index is 1.95. The Bertz CT molecular complexity index is 694. The smallest absolute Gasteiger partial charge is 0.311 e. The van der Waals surface area contributed by atoms with Gasteiger partial charge in [-0.1, -0.05) is 0 Å². The van der Waals surface area contributed by atoms with Crippen LogP contribution in [-0.4, -0.2) is 43.0 Å². The molecule has 0 radical (unpaired) electrons. The third-order valence-electron chi connectivity index (χ3n) is 3.78. The Hall–Kier alpha value is -2.35. The van der Waals surface area contributed by atoms with Gasteiger partial charge in [0, 0.05) is 30.3 Å². The van der Waals surface area contributed by atoms with E-state index in [1.54, 1.807) is 18.2 Å². The van der Waals surface area contributed by atoms with Gasteiger partial charge in [0.15, 0.2) is 12.4 Å². The van der Waals surface area contributed by atoms with E-state index >= 15 is 0 Å². The molecule has 1 aromatic carbocycles. The molecule has 1 heterocycles. The number of ether oxygens (including phenoxy) is 1. The van der Waals surface area contributed by atoms with E-state index in [0.717, 1.165) is 4.90 Å². The minimum Gasteiger partial charge on any atom is -0.457 e. The van der Waals surface area contributed by atoms with E-state index in [4.69, 9.17) is 4.74 Å².